The highest BCUT2D eigenvalue weighted by Crippen LogP contribution is 2.18. The maximum atomic E-state index is 13.0. The molecule has 0 saturated carbocycles. The Hall–Kier alpha value is -1.82. The maximum absolute atomic E-state index is 13.0. The summed E-state index contributed by atoms with van der Waals surface area (Å²) >= 11 is 0. The quantitative estimate of drug-likeness (QED) is 0.801. The van der Waals surface area contributed by atoms with Crippen LogP contribution in [0.1, 0.15) is 18.3 Å². The van der Waals surface area contributed by atoms with Crippen LogP contribution in [-0.2, 0) is 12.0 Å². The van der Waals surface area contributed by atoms with Crippen LogP contribution in [0.3, 0.4) is 0 Å². The zero-order valence-corrected chi connectivity index (χ0v) is 8.81. The van der Waals surface area contributed by atoms with E-state index in [-0.39, 0.29) is 5.82 Å². The Kier molecular flexibility index (Phi) is 2.66. The van der Waals surface area contributed by atoms with E-state index >= 15 is 0 Å². The highest BCUT2D eigenvalue weighted by Gasteiger charge is 2.26. The first-order chi connectivity index (χ1) is 7.58. The molecule has 2 rings (SSSR count). The van der Waals surface area contributed by atoms with Crippen LogP contribution in [0.15, 0.2) is 24.3 Å². The predicted octanol–water partition coefficient (Wildman–Crippen LogP) is 0.755. The molecule has 0 spiro atoms. The van der Waals surface area contributed by atoms with Crippen LogP contribution in [-0.4, -0.2) is 20.6 Å². The summed E-state index contributed by atoms with van der Waals surface area (Å²) in [7, 11) is 0. The average Bonchev–Trinajstić information content (AvgIpc) is 2.69. The number of nitrogens with zero attached hydrogens (tertiary/aromatic N) is 3. The zero-order chi connectivity index (χ0) is 11.6. The molecule has 16 heavy (non-hydrogen) atoms. The van der Waals surface area contributed by atoms with Gasteiger partial charge in [-0.1, -0.05) is 17.3 Å². The third-order valence-corrected chi connectivity index (χ3v) is 2.32. The molecule has 0 aliphatic rings. The SMILES string of the molecule is CC(N)(Cc1cccc(F)c1)c1nn[nH]n1. The first kappa shape index (κ1) is 10.7. The lowest BCUT2D eigenvalue weighted by atomic mass is 9.93. The Morgan fingerprint density at radius 2 is 2.31 bits per heavy atom. The highest BCUT2D eigenvalue weighted by atomic mass is 19.1. The Balaban J connectivity index is 2.21. The molecule has 6 heteroatoms. The molecule has 0 fully saturated rings. The van der Waals surface area contributed by atoms with Gasteiger partial charge in [0.05, 0.1) is 5.54 Å². The summed E-state index contributed by atoms with van der Waals surface area (Å²) in [6.45, 7) is 1.78. The summed E-state index contributed by atoms with van der Waals surface area (Å²) in [5.41, 5.74) is 6.09. The molecule has 0 amide bonds. The van der Waals surface area contributed by atoms with E-state index in [1.807, 2.05) is 6.07 Å². The van der Waals surface area contributed by atoms with Crippen LogP contribution in [0.5, 0.6) is 0 Å². The summed E-state index contributed by atoms with van der Waals surface area (Å²) < 4.78 is 13.0. The van der Waals surface area contributed by atoms with Gasteiger partial charge in [-0.15, -0.1) is 10.2 Å². The van der Waals surface area contributed by atoms with Gasteiger partial charge in [-0.05, 0) is 31.0 Å². The van der Waals surface area contributed by atoms with E-state index in [0.29, 0.717) is 12.2 Å². The molecule has 0 saturated heterocycles. The van der Waals surface area contributed by atoms with Crippen molar-refractivity contribution in [3.8, 4) is 0 Å². The standard InChI is InChI=1S/C10H12FN5/c1-10(12,9-13-15-16-14-9)6-7-3-2-4-8(11)5-7/h2-5H,6,12H2,1H3,(H,13,14,15,16). The van der Waals surface area contributed by atoms with E-state index < -0.39 is 5.54 Å². The van der Waals surface area contributed by atoms with Crippen molar-refractivity contribution in [3.63, 3.8) is 0 Å². The molecule has 0 aliphatic carbocycles. The first-order valence-electron chi connectivity index (χ1n) is 4.85. The average molecular weight is 221 g/mol. The fourth-order valence-corrected chi connectivity index (χ4v) is 1.55. The van der Waals surface area contributed by atoms with Crippen LogP contribution < -0.4 is 5.73 Å². The van der Waals surface area contributed by atoms with E-state index in [1.165, 1.54) is 12.1 Å². The number of aromatic amines is 1. The number of halogens is 1. The van der Waals surface area contributed by atoms with Gasteiger partial charge in [-0.3, -0.25) is 0 Å². The third-order valence-electron chi connectivity index (χ3n) is 2.32. The molecule has 1 unspecified atom stereocenters. The van der Waals surface area contributed by atoms with Gasteiger partial charge in [-0.25, -0.2) is 4.39 Å². The van der Waals surface area contributed by atoms with E-state index in [2.05, 4.69) is 20.6 Å². The minimum Gasteiger partial charge on any atom is -0.319 e. The lowest BCUT2D eigenvalue weighted by molar-refractivity contribution is 0.458. The van der Waals surface area contributed by atoms with Crippen LogP contribution >= 0.6 is 0 Å². The van der Waals surface area contributed by atoms with Crippen molar-refractivity contribution in [1.82, 2.24) is 20.6 Å². The number of H-pyrrole nitrogens is 1. The molecule has 3 N–H and O–H groups in total. The topological polar surface area (TPSA) is 80.5 Å². The van der Waals surface area contributed by atoms with Gasteiger partial charge in [0.2, 0.25) is 0 Å². The largest absolute Gasteiger partial charge is 0.319 e. The smallest absolute Gasteiger partial charge is 0.194 e. The molecule has 1 aromatic carbocycles. The molecule has 0 aliphatic heterocycles. The Morgan fingerprint density at radius 3 is 2.94 bits per heavy atom. The highest BCUT2D eigenvalue weighted by molar-refractivity contribution is 5.20. The first-order valence-corrected chi connectivity index (χ1v) is 4.85. The van der Waals surface area contributed by atoms with Crippen molar-refractivity contribution in [2.24, 2.45) is 5.73 Å². The van der Waals surface area contributed by atoms with Crippen LogP contribution in [0.4, 0.5) is 4.39 Å². The molecule has 0 bridgehead atoms. The molecule has 5 nitrogen and oxygen atoms in total. The fraction of sp³-hybridized carbons (Fsp3) is 0.300. The number of aromatic nitrogens is 4. The lowest BCUT2D eigenvalue weighted by Crippen LogP contribution is -2.36. The normalized spacial score (nSPS) is 14.7. The number of hydrogen-bond donors (Lipinski definition) is 2. The molecular formula is C10H12FN5. The van der Waals surface area contributed by atoms with Crippen molar-refractivity contribution >= 4 is 0 Å². The Labute approximate surface area is 91.9 Å². The molecule has 1 heterocycles. The predicted molar refractivity (Wildman–Crippen MR) is 55.8 cm³/mol. The summed E-state index contributed by atoms with van der Waals surface area (Å²) in [5, 5.41) is 13.5. The summed E-state index contributed by atoms with van der Waals surface area (Å²) in [5.74, 6) is 0.137. The second kappa shape index (κ2) is 3.97. The van der Waals surface area contributed by atoms with Gasteiger partial charge in [0, 0.05) is 0 Å². The monoisotopic (exact) mass is 221 g/mol. The number of hydrogen-bond acceptors (Lipinski definition) is 4. The summed E-state index contributed by atoms with van der Waals surface area (Å²) in [6, 6.07) is 6.31. The molecule has 0 radical (unpaired) electrons. The van der Waals surface area contributed by atoms with Gasteiger partial charge in [-0.2, -0.15) is 5.21 Å². The second-order valence-corrected chi connectivity index (χ2v) is 3.96. The van der Waals surface area contributed by atoms with Crippen LogP contribution in [0, 0.1) is 5.82 Å². The molecule has 1 atom stereocenters. The van der Waals surface area contributed by atoms with Crippen molar-refractivity contribution in [3.05, 3.63) is 41.5 Å². The number of nitrogens with two attached hydrogens (primary N) is 1. The van der Waals surface area contributed by atoms with E-state index in [0.717, 1.165) is 5.56 Å². The van der Waals surface area contributed by atoms with Crippen molar-refractivity contribution < 1.29 is 4.39 Å². The molecule has 84 valence electrons. The zero-order valence-electron chi connectivity index (χ0n) is 8.81. The van der Waals surface area contributed by atoms with Crippen molar-refractivity contribution in [1.29, 1.82) is 0 Å². The van der Waals surface area contributed by atoms with E-state index in [4.69, 9.17) is 5.73 Å². The number of benzene rings is 1. The summed E-state index contributed by atoms with van der Waals surface area (Å²) in [4.78, 5) is 0. The fourth-order valence-electron chi connectivity index (χ4n) is 1.55. The Bertz CT molecular complexity index is 466. The van der Waals surface area contributed by atoms with Crippen molar-refractivity contribution in [2.45, 2.75) is 18.9 Å². The van der Waals surface area contributed by atoms with Gasteiger partial charge < -0.3 is 5.73 Å². The number of tetrazole rings is 1. The minimum atomic E-state index is -0.763. The van der Waals surface area contributed by atoms with Gasteiger partial charge >= 0.3 is 0 Å². The Morgan fingerprint density at radius 1 is 1.50 bits per heavy atom. The summed E-state index contributed by atoms with van der Waals surface area (Å²) in [6.07, 6.45) is 0.449. The van der Waals surface area contributed by atoms with Gasteiger partial charge in [0.25, 0.3) is 0 Å². The van der Waals surface area contributed by atoms with E-state index in [1.54, 1.807) is 13.0 Å². The van der Waals surface area contributed by atoms with Gasteiger partial charge in [0.15, 0.2) is 5.82 Å². The number of rotatable bonds is 3. The second-order valence-electron chi connectivity index (χ2n) is 3.96. The molecule has 1 aromatic heterocycles. The van der Waals surface area contributed by atoms with E-state index in [9.17, 15) is 4.39 Å². The van der Waals surface area contributed by atoms with Gasteiger partial charge in [0.1, 0.15) is 5.82 Å². The minimum absolute atomic E-state index is 0.276. The number of nitrogens with one attached hydrogen (secondary N) is 1. The maximum Gasteiger partial charge on any atom is 0.194 e. The molecule has 2 aromatic rings. The third kappa shape index (κ3) is 2.22. The molecular weight excluding hydrogens is 209 g/mol. The van der Waals surface area contributed by atoms with Crippen LogP contribution in [0.2, 0.25) is 0 Å². The lowest BCUT2D eigenvalue weighted by Gasteiger charge is -2.20. The van der Waals surface area contributed by atoms with Crippen molar-refractivity contribution in [2.75, 3.05) is 0 Å². The van der Waals surface area contributed by atoms with Crippen LogP contribution in [0.25, 0.3) is 0 Å².